The van der Waals surface area contributed by atoms with Gasteiger partial charge in [-0.25, -0.2) is 9.78 Å². The van der Waals surface area contributed by atoms with Crippen molar-refractivity contribution in [3.05, 3.63) is 70.6 Å². The predicted molar refractivity (Wildman–Crippen MR) is 123 cm³/mol. The van der Waals surface area contributed by atoms with Crippen LogP contribution in [0.2, 0.25) is 0 Å². The first-order chi connectivity index (χ1) is 14.5. The summed E-state index contributed by atoms with van der Waals surface area (Å²) in [5.74, 6) is -0.363. The molecule has 5 heteroatoms. The SMILES string of the molecule is CC(C)c1ccc(-c2csc(N(Cc3ccc(C(=O)O)cc3)C3CCCC3)n2)cc1. The van der Waals surface area contributed by atoms with Crippen LogP contribution in [0, 0.1) is 0 Å². The van der Waals surface area contributed by atoms with E-state index >= 15 is 0 Å². The fraction of sp³-hybridized carbons (Fsp3) is 0.360. The van der Waals surface area contributed by atoms with Gasteiger partial charge in [-0.3, -0.25) is 0 Å². The molecular formula is C25H28N2O2S. The zero-order valence-electron chi connectivity index (χ0n) is 17.5. The van der Waals surface area contributed by atoms with Crippen LogP contribution >= 0.6 is 11.3 Å². The summed E-state index contributed by atoms with van der Waals surface area (Å²) in [6.45, 7) is 5.17. The number of aromatic carboxylic acids is 1. The molecule has 3 aromatic rings. The number of carbonyl (C=O) groups is 1. The second-order valence-electron chi connectivity index (χ2n) is 8.36. The van der Waals surface area contributed by atoms with Crippen molar-refractivity contribution in [3.63, 3.8) is 0 Å². The van der Waals surface area contributed by atoms with Crippen LogP contribution in [0.4, 0.5) is 5.13 Å². The number of hydrogen-bond acceptors (Lipinski definition) is 4. The first kappa shape index (κ1) is 20.6. The van der Waals surface area contributed by atoms with Crippen molar-refractivity contribution in [1.82, 2.24) is 4.98 Å². The molecule has 0 spiro atoms. The lowest BCUT2D eigenvalue weighted by molar-refractivity contribution is 0.0697. The number of aromatic nitrogens is 1. The lowest BCUT2D eigenvalue weighted by Gasteiger charge is -2.28. The van der Waals surface area contributed by atoms with Gasteiger partial charge in [-0.05, 0) is 42.0 Å². The molecule has 4 nitrogen and oxygen atoms in total. The third-order valence-corrected chi connectivity index (χ3v) is 6.81. The molecule has 0 radical (unpaired) electrons. The fourth-order valence-corrected chi connectivity index (χ4v) is 4.99. The summed E-state index contributed by atoms with van der Waals surface area (Å²) in [4.78, 5) is 18.6. The largest absolute Gasteiger partial charge is 0.478 e. The molecule has 4 rings (SSSR count). The summed E-state index contributed by atoms with van der Waals surface area (Å²) < 4.78 is 0. The van der Waals surface area contributed by atoms with Crippen molar-refractivity contribution >= 4 is 22.4 Å². The molecule has 156 valence electrons. The third kappa shape index (κ3) is 4.57. The quantitative estimate of drug-likeness (QED) is 0.469. The molecule has 1 aromatic heterocycles. The van der Waals surface area contributed by atoms with E-state index in [4.69, 9.17) is 10.1 Å². The van der Waals surface area contributed by atoms with E-state index in [9.17, 15) is 4.79 Å². The van der Waals surface area contributed by atoms with Crippen molar-refractivity contribution in [2.45, 2.75) is 58.0 Å². The second-order valence-corrected chi connectivity index (χ2v) is 9.20. The van der Waals surface area contributed by atoms with Gasteiger partial charge in [0.15, 0.2) is 5.13 Å². The monoisotopic (exact) mass is 420 g/mol. The number of hydrogen-bond donors (Lipinski definition) is 1. The van der Waals surface area contributed by atoms with E-state index in [1.54, 1.807) is 23.5 Å². The lowest BCUT2D eigenvalue weighted by Crippen LogP contribution is -2.32. The van der Waals surface area contributed by atoms with Crippen molar-refractivity contribution in [2.75, 3.05) is 4.90 Å². The Morgan fingerprint density at radius 2 is 1.77 bits per heavy atom. The summed E-state index contributed by atoms with van der Waals surface area (Å²) in [5, 5.41) is 12.3. The molecule has 1 fully saturated rings. The Kier molecular flexibility index (Phi) is 6.18. The van der Waals surface area contributed by atoms with Gasteiger partial charge in [-0.1, -0.05) is 63.1 Å². The van der Waals surface area contributed by atoms with E-state index in [1.165, 1.54) is 31.2 Å². The Morgan fingerprint density at radius 1 is 1.10 bits per heavy atom. The third-order valence-electron chi connectivity index (χ3n) is 5.93. The van der Waals surface area contributed by atoms with E-state index < -0.39 is 5.97 Å². The molecule has 0 bridgehead atoms. The average Bonchev–Trinajstić information content (AvgIpc) is 3.45. The van der Waals surface area contributed by atoms with Crippen LogP contribution in [0.1, 0.15) is 66.9 Å². The molecule has 1 aliphatic rings. The van der Waals surface area contributed by atoms with Gasteiger partial charge in [-0.2, -0.15) is 0 Å². The molecule has 1 aliphatic carbocycles. The molecule has 1 saturated carbocycles. The topological polar surface area (TPSA) is 53.4 Å². The van der Waals surface area contributed by atoms with Gasteiger partial charge in [-0.15, -0.1) is 11.3 Å². The standard InChI is InChI=1S/C25H28N2O2S/c1-17(2)19-11-13-20(14-12-19)23-16-30-25(26-23)27(22-5-3-4-6-22)15-18-7-9-21(10-8-18)24(28)29/h7-14,16-17,22H,3-6,15H2,1-2H3,(H,28,29). The number of anilines is 1. The van der Waals surface area contributed by atoms with Crippen LogP contribution in [0.5, 0.6) is 0 Å². The van der Waals surface area contributed by atoms with E-state index in [0.29, 0.717) is 17.5 Å². The molecule has 0 saturated heterocycles. The van der Waals surface area contributed by atoms with Crippen molar-refractivity contribution in [2.24, 2.45) is 0 Å². The molecule has 0 aliphatic heterocycles. The minimum atomic E-state index is -0.887. The molecule has 1 N–H and O–H groups in total. The van der Waals surface area contributed by atoms with Gasteiger partial charge in [0.05, 0.1) is 11.3 Å². The first-order valence-electron chi connectivity index (χ1n) is 10.7. The smallest absolute Gasteiger partial charge is 0.335 e. The number of thiazole rings is 1. The number of carboxylic acids is 1. The molecule has 1 heterocycles. The van der Waals surface area contributed by atoms with Gasteiger partial charge >= 0.3 is 5.97 Å². The van der Waals surface area contributed by atoms with Gasteiger partial charge in [0.2, 0.25) is 0 Å². The first-order valence-corrected chi connectivity index (χ1v) is 11.5. The van der Waals surface area contributed by atoms with Crippen molar-refractivity contribution in [3.8, 4) is 11.3 Å². The maximum atomic E-state index is 11.1. The van der Waals surface area contributed by atoms with E-state index in [2.05, 4.69) is 48.4 Å². The van der Waals surface area contributed by atoms with Gasteiger partial charge < -0.3 is 10.0 Å². The molecule has 2 aromatic carbocycles. The minimum Gasteiger partial charge on any atom is -0.478 e. The van der Waals surface area contributed by atoms with E-state index in [-0.39, 0.29) is 0 Å². The van der Waals surface area contributed by atoms with Crippen LogP contribution in [0.15, 0.2) is 53.9 Å². The molecule has 30 heavy (non-hydrogen) atoms. The predicted octanol–water partition coefficient (Wildman–Crippen LogP) is 6.58. The van der Waals surface area contributed by atoms with Crippen LogP contribution in [-0.4, -0.2) is 22.1 Å². The van der Waals surface area contributed by atoms with Gasteiger partial charge in [0.25, 0.3) is 0 Å². The number of carboxylic acid groups (broad SMARTS) is 1. The zero-order chi connectivity index (χ0) is 21.1. The van der Waals surface area contributed by atoms with Crippen LogP contribution in [0.25, 0.3) is 11.3 Å². The lowest BCUT2D eigenvalue weighted by atomic mass is 10.0. The Hall–Kier alpha value is -2.66. The number of nitrogens with zero attached hydrogens (tertiary/aromatic N) is 2. The highest BCUT2D eigenvalue weighted by atomic mass is 32.1. The molecule has 0 amide bonds. The maximum absolute atomic E-state index is 11.1. The Labute approximate surface area is 182 Å². The normalized spacial score (nSPS) is 14.4. The van der Waals surface area contributed by atoms with Crippen LogP contribution in [0.3, 0.4) is 0 Å². The Balaban J connectivity index is 1.57. The molecule has 0 unspecified atom stereocenters. The van der Waals surface area contributed by atoms with E-state index in [0.717, 1.165) is 28.5 Å². The van der Waals surface area contributed by atoms with Crippen LogP contribution in [-0.2, 0) is 6.54 Å². The molecule has 0 atom stereocenters. The highest BCUT2D eigenvalue weighted by molar-refractivity contribution is 7.14. The average molecular weight is 421 g/mol. The fourth-order valence-electron chi connectivity index (χ4n) is 4.09. The summed E-state index contributed by atoms with van der Waals surface area (Å²) in [5.41, 5.74) is 4.96. The number of benzene rings is 2. The van der Waals surface area contributed by atoms with Crippen LogP contribution < -0.4 is 4.90 Å². The summed E-state index contributed by atoms with van der Waals surface area (Å²) in [7, 11) is 0. The second kappa shape index (κ2) is 9.00. The van der Waals surface area contributed by atoms with Crippen molar-refractivity contribution < 1.29 is 9.90 Å². The molecular weight excluding hydrogens is 392 g/mol. The Morgan fingerprint density at radius 3 is 2.37 bits per heavy atom. The maximum Gasteiger partial charge on any atom is 0.335 e. The summed E-state index contributed by atoms with van der Waals surface area (Å²) in [6.07, 6.45) is 4.89. The number of rotatable bonds is 7. The highest BCUT2D eigenvalue weighted by Crippen LogP contribution is 2.34. The van der Waals surface area contributed by atoms with E-state index in [1.807, 2.05) is 12.1 Å². The van der Waals surface area contributed by atoms with Gasteiger partial charge in [0, 0.05) is 23.5 Å². The Bertz CT molecular complexity index is 987. The summed E-state index contributed by atoms with van der Waals surface area (Å²) >= 11 is 1.70. The highest BCUT2D eigenvalue weighted by Gasteiger charge is 2.25. The summed E-state index contributed by atoms with van der Waals surface area (Å²) in [6, 6.07) is 16.4. The minimum absolute atomic E-state index is 0.326. The zero-order valence-corrected chi connectivity index (χ0v) is 18.4. The van der Waals surface area contributed by atoms with Gasteiger partial charge in [0.1, 0.15) is 0 Å². The van der Waals surface area contributed by atoms with Crippen molar-refractivity contribution in [1.29, 1.82) is 0 Å².